The smallest absolute Gasteiger partial charge is 0.123 e. The Morgan fingerprint density at radius 1 is 1.24 bits per heavy atom. The van der Waals surface area contributed by atoms with E-state index in [1.807, 2.05) is 29.1 Å². The summed E-state index contributed by atoms with van der Waals surface area (Å²) in [6, 6.07) is 12.4. The van der Waals surface area contributed by atoms with Crippen molar-refractivity contribution in [2.75, 3.05) is 0 Å². The largest absolute Gasteiger partial charge is 0.379 e. The molecule has 2 aliphatic rings. The van der Waals surface area contributed by atoms with Gasteiger partial charge in [0, 0.05) is 22.8 Å². The first kappa shape index (κ1) is 18.3. The average Bonchev–Trinajstić information content (AvgIpc) is 3.39. The molecule has 0 spiro atoms. The van der Waals surface area contributed by atoms with Crippen LogP contribution >= 0.6 is 15.9 Å². The highest BCUT2D eigenvalue weighted by atomic mass is 79.9. The number of benzene rings is 1. The lowest BCUT2D eigenvalue weighted by Crippen LogP contribution is -2.14. The molecule has 0 aliphatic heterocycles. The van der Waals surface area contributed by atoms with Crippen LogP contribution in [0.25, 0.3) is 11.3 Å². The normalized spacial score (nSPS) is 19.6. The first-order chi connectivity index (χ1) is 14.1. The summed E-state index contributed by atoms with van der Waals surface area (Å²) in [6.45, 7) is 4.89. The van der Waals surface area contributed by atoms with Gasteiger partial charge in [0.05, 0.1) is 29.8 Å². The Kier molecular flexibility index (Phi) is 4.59. The fourth-order valence-corrected chi connectivity index (χ4v) is 4.44. The maximum Gasteiger partial charge on any atom is 0.123 e. The summed E-state index contributed by atoms with van der Waals surface area (Å²) in [5, 5.41) is 8.06. The van der Waals surface area contributed by atoms with E-state index in [1.165, 1.54) is 24.2 Å². The molecule has 5 rings (SSSR count). The van der Waals surface area contributed by atoms with Gasteiger partial charge in [-0.15, -0.1) is 0 Å². The maximum absolute atomic E-state index is 13.4. The van der Waals surface area contributed by atoms with E-state index in [1.54, 1.807) is 12.1 Å². The summed E-state index contributed by atoms with van der Waals surface area (Å²) in [7, 11) is 0. The zero-order valence-electron chi connectivity index (χ0n) is 15.8. The van der Waals surface area contributed by atoms with Crippen LogP contribution in [0.15, 0.2) is 71.6 Å². The number of aromatic nitrogens is 3. The molecule has 0 radical (unpaired) electrons. The molecule has 0 saturated heterocycles. The van der Waals surface area contributed by atoms with Crippen LogP contribution in [0, 0.1) is 11.7 Å². The molecule has 0 bridgehead atoms. The summed E-state index contributed by atoms with van der Waals surface area (Å²) < 4.78 is 16.1. The molecule has 2 atom stereocenters. The van der Waals surface area contributed by atoms with E-state index in [0.717, 1.165) is 39.2 Å². The Balaban J connectivity index is 1.44. The fraction of sp³-hybridized carbons (Fsp3) is 0.217. The van der Waals surface area contributed by atoms with E-state index in [-0.39, 0.29) is 5.82 Å². The molecule has 0 amide bonds. The van der Waals surface area contributed by atoms with Crippen molar-refractivity contribution in [2.45, 2.75) is 25.3 Å². The van der Waals surface area contributed by atoms with Crippen molar-refractivity contribution >= 4 is 21.5 Å². The van der Waals surface area contributed by atoms with Crippen LogP contribution in [0.4, 0.5) is 4.39 Å². The zero-order chi connectivity index (χ0) is 20.0. The third-order valence-corrected chi connectivity index (χ3v) is 6.09. The monoisotopic (exact) mass is 450 g/mol. The quantitative estimate of drug-likeness (QED) is 0.531. The molecule has 3 aromatic rings. The number of hydrogen-bond donors (Lipinski definition) is 1. The molecular formula is C23H20BrFN4. The molecule has 1 N–H and O–H groups in total. The number of halogens is 2. The van der Waals surface area contributed by atoms with E-state index in [0.29, 0.717) is 18.4 Å². The Morgan fingerprint density at radius 2 is 2.07 bits per heavy atom. The summed E-state index contributed by atoms with van der Waals surface area (Å²) in [6.07, 6.45) is 6.39. The van der Waals surface area contributed by atoms with Crippen molar-refractivity contribution in [1.82, 2.24) is 20.1 Å². The van der Waals surface area contributed by atoms with Gasteiger partial charge in [-0.05, 0) is 71.1 Å². The lowest BCUT2D eigenvalue weighted by molar-refractivity contribution is 0.626. The van der Waals surface area contributed by atoms with Gasteiger partial charge in [0.2, 0.25) is 0 Å². The lowest BCUT2D eigenvalue weighted by Gasteiger charge is -2.14. The lowest BCUT2D eigenvalue weighted by atomic mass is 10.0. The highest BCUT2D eigenvalue weighted by molar-refractivity contribution is 9.10. The molecule has 1 fully saturated rings. The first-order valence-corrected chi connectivity index (χ1v) is 10.5. The Hall–Kier alpha value is -2.73. The van der Waals surface area contributed by atoms with E-state index < -0.39 is 0 Å². The SMILES string of the molecule is C=C(NCc1cccc(Br)n1)C1=CCC2CC2c2c1cnn2-c1ccc(F)cc1. The van der Waals surface area contributed by atoms with Crippen molar-refractivity contribution in [3.8, 4) is 5.69 Å². The molecule has 1 saturated carbocycles. The van der Waals surface area contributed by atoms with E-state index >= 15 is 0 Å². The minimum atomic E-state index is -0.240. The number of rotatable bonds is 5. The number of fused-ring (bicyclic) bond motifs is 3. The minimum Gasteiger partial charge on any atom is -0.379 e. The molecule has 2 heterocycles. The summed E-state index contributed by atoms with van der Waals surface area (Å²) >= 11 is 3.41. The van der Waals surface area contributed by atoms with Gasteiger partial charge < -0.3 is 5.32 Å². The van der Waals surface area contributed by atoms with Crippen molar-refractivity contribution in [2.24, 2.45) is 5.92 Å². The number of allylic oxidation sites excluding steroid dienone is 2. The second kappa shape index (κ2) is 7.26. The summed E-state index contributed by atoms with van der Waals surface area (Å²) in [5.74, 6) is 0.892. The van der Waals surface area contributed by atoms with Gasteiger partial charge in [-0.1, -0.05) is 18.7 Å². The van der Waals surface area contributed by atoms with Crippen molar-refractivity contribution in [1.29, 1.82) is 0 Å². The van der Waals surface area contributed by atoms with Crippen molar-refractivity contribution < 1.29 is 4.39 Å². The molecule has 2 aromatic heterocycles. The van der Waals surface area contributed by atoms with Crippen LogP contribution < -0.4 is 5.32 Å². The third kappa shape index (κ3) is 3.53. The molecule has 29 heavy (non-hydrogen) atoms. The van der Waals surface area contributed by atoms with Crippen molar-refractivity contribution in [3.63, 3.8) is 0 Å². The summed E-state index contributed by atoms with van der Waals surface area (Å²) in [4.78, 5) is 4.47. The van der Waals surface area contributed by atoms with Gasteiger partial charge in [0.25, 0.3) is 0 Å². The highest BCUT2D eigenvalue weighted by Gasteiger charge is 2.43. The van der Waals surface area contributed by atoms with Gasteiger partial charge in [-0.2, -0.15) is 5.10 Å². The van der Waals surface area contributed by atoms with Crippen LogP contribution in [-0.4, -0.2) is 14.8 Å². The van der Waals surface area contributed by atoms with Gasteiger partial charge in [0.15, 0.2) is 0 Å². The number of pyridine rings is 1. The van der Waals surface area contributed by atoms with Gasteiger partial charge in [-0.3, -0.25) is 0 Å². The maximum atomic E-state index is 13.4. The van der Waals surface area contributed by atoms with Crippen LogP contribution in [0.5, 0.6) is 0 Å². The van der Waals surface area contributed by atoms with Crippen molar-refractivity contribution in [3.05, 3.63) is 94.4 Å². The molecule has 4 nitrogen and oxygen atoms in total. The van der Waals surface area contributed by atoms with Crippen LogP contribution in [0.3, 0.4) is 0 Å². The zero-order valence-corrected chi connectivity index (χ0v) is 17.4. The Labute approximate surface area is 177 Å². The molecule has 2 unspecified atom stereocenters. The standard InChI is InChI=1S/C23H20BrFN4/c1-14(26-12-17-3-2-4-22(24)28-17)19-10-5-15-11-20(15)23-21(19)13-27-29(23)18-8-6-16(25)7-9-18/h2-4,6-10,13,15,20,26H,1,5,11-12H2. The van der Waals surface area contributed by atoms with E-state index in [4.69, 9.17) is 0 Å². The molecule has 2 aliphatic carbocycles. The van der Waals surface area contributed by atoms with Gasteiger partial charge in [0.1, 0.15) is 10.4 Å². The van der Waals surface area contributed by atoms with Crippen LogP contribution in [0.1, 0.15) is 35.7 Å². The predicted molar refractivity (Wildman–Crippen MR) is 115 cm³/mol. The number of nitrogens with zero attached hydrogens (tertiary/aromatic N) is 3. The predicted octanol–water partition coefficient (Wildman–Crippen LogP) is 5.36. The van der Waals surface area contributed by atoms with Crippen LogP contribution in [0.2, 0.25) is 0 Å². The number of hydrogen-bond acceptors (Lipinski definition) is 3. The molecular weight excluding hydrogens is 431 g/mol. The van der Waals surface area contributed by atoms with E-state index in [2.05, 4.69) is 44.0 Å². The second-order valence-corrected chi connectivity index (χ2v) is 8.38. The molecule has 6 heteroatoms. The average molecular weight is 451 g/mol. The molecule has 146 valence electrons. The van der Waals surface area contributed by atoms with Gasteiger partial charge in [-0.25, -0.2) is 14.1 Å². The van der Waals surface area contributed by atoms with Gasteiger partial charge >= 0.3 is 0 Å². The third-order valence-electron chi connectivity index (χ3n) is 5.65. The minimum absolute atomic E-state index is 0.240. The fourth-order valence-electron chi connectivity index (χ4n) is 4.06. The first-order valence-electron chi connectivity index (χ1n) is 9.69. The topological polar surface area (TPSA) is 42.7 Å². The second-order valence-electron chi connectivity index (χ2n) is 7.57. The Morgan fingerprint density at radius 3 is 2.86 bits per heavy atom. The summed E-state index contributed by atoms with van der Waals surface area (Å²) in [5.41, 5.74) is 6.10. The molecule has 1 aromatic carbocycles. The Bertz CT molecular complexity index is 1120. The highest BCUT2D eigenvalue weighted by Crippen LogP contribution is 2.54. The number of nitrogens with one attached hydrogen (secondary N) is 1. The van der Waals surface area contributed by atoms with E-state index in [9.17, 15) is 4.39 Å². The van der Waals surface area contributed by atoms with Crippen LogP contribution in [-0.2, 0) is 6.54 Å².